The van der Waals surface area contributed by atoms with Gasteiger partial charge in [-0.2, -0.15) is 0 Å². The molecule has 0 aromatic carbocycles. The van der Waals surface area contributed by atoms with Crippen LogP contribution in [-0.4, -0.2) is 18.4 Å². The highest BCUT2D eigenvalue weighted by molar-refractivity contribution is 5.82. The molecule has 76 valence electrons. The Kier molecular flexibility index (Phi) is 7.26. The summed E-state index contributed by atoms with van der Waals surface area (Å²) in [5.74, 6) is -0.109. The van der Waals surface area contributed by atoms with Crippen LogP contribution in [0, 0.1) is 0 Å². The highest BCUT2D eigenvalue weighted by Gasteiger charge is 2.06. The summed E-state index contributed by atoms with van der Waals surface area (Å²) in [6.07, 6.45) is 3.10. The molecular weight excluding hydrogens is 168 g/mol. The van der Waals surface area contributed by atoms with Crippen molar-refractivity contribution >= 4 is 11.8 Å². The minimum atomic E-state index is -0.271. The molecular formula is C10H18O3. The van der Waals surface area contributed by atoms with Gasteiger partial charge in [-0.3, -0.25) is 9.59 Å². The average molecular weight is 186 g/mol. The Bertz CT molecular complexity index is 164. The van der Waals surface area contributed by atoms with E-state index in [4.69, 9.17) is 4.74 Å². The van der Waals surface area contributed by atoms with Crippen molar-refractivity contribution in [3.05, 3.63) is 0 Å². The lowest BCUT2D eigenvalue weighted by molar-refractivity contribution is -0.144. The van der Waals surface area contributed by atoms with Crippen LogP contribution in [-0.2, 0) is 14.3 Å². The van der Waals surface area contributed by atoms with Gasteiger partial charge in [0.25, 0.3) is 0 Å². The van der Waals surface area contributed by atoms with Crippen LogP contribution < -0.4 is 0 Å². The molecule has 0 N–H and O–H groups in total. The average Bonchev–Trinajstić information content (AvgIpc) is 2.12. The van der Waals surface area contributed by atoms with Crippen molar-refractivity contribution in [2.75, 3.05) is 6.61 Å². The van der Waals surface area contributed by atoms with Gasteiger partial charge in [0, 0.05) is 12.8 Å². The second kappa shape index (κ2) is 7.77. The molecule has 0 amide bonds. The number of Topliss-reactive ketones (excluding diaryl/α,β-unsaturated/α-hetero) is 1. The second-order valence-electron chi connectivity index (χ2n) is 2.95. The quantitative estimate of drug-likeness (QED) is 0.572. The summed E-state index contributed by atoms with van der Waals surface area (Å²) in [7, 11) is 0. The molecule has 0 bridgehead atoms. The van der Waals surface area contributed by atoms with E-state index >= 15 is 0 Å². The molecule has 0 rings (SSSR count). The van der Waals surface area contributed by atoms with Crippen LogP contribution >= 0.6 is 0 Å². The lowest BCUT2D eigenvalue weighted by Gasteiger charge is -2.00. The Balaban J connectivity index is 3.40. The van der Waals surface area contributed by atoms with Gasteiger partial charge in [0.1, 0.15) is 5.78 Å². The predicted molar refractivity (Wildman–Crippen MR) is 50.4 cm³/mol. The maximum absolute atomic E-state index is 11.1. The van der Waals surface area contributed by atoms with Crippen LogP contribution in [0.4, 0.5) is 0 Å². The second-order valence-corrected chi connectivity index (χ2v) is 2.95. The SMILES string of the molecule is CCCCC(=O)CCC(=O)OCC. The third-order valence-corrected chi connectivity index (χ3v) is 1.72. The summed E-state index contributed by atoms with van der Waals surface area (Å²) < 4.78 is 4.71. The third-order valence-electron chi connectivity index (χ3n) is 1.72. The summed E-state index contributed by atoms with van der Waals surface area (Å²) in [4.78, 5) is 21.9. The molecule has 0 unspecified atom stereocenters. The smallest absolute Gasteiger partial charge is 0.306 e. The van der Waals surface area contributed by atoms with Gasteiger partial charge in [0.2, 0.25) is 0 Å². The summed E-state index contributed by atoms with van der Waals surface area (Å²) >= 11 is 0. The van der Waals surface area contributed by atoms with E-state index < -0.39 is 0 Å². The molecule has 0 aliphatic heterocycles. The highest BCUT2D eigenvalue weighted by Crippen LogP contribution is 2.01. The number of rotatable bonds is 7. The Hall–Kier alpha value is -0.860. The molecule has 0 radical (unpaired) electrons. The summed E-state index contributed by atoms with van der Waals surface area (Å²) in [6, 6.07) is 0. The van der Waals surface area contributed by atoms with Crippen LogP contribution in [0.15, 0.2) is 0 Å². The molecule has 3 heteroatoms. The first-order valence-corrected chi connectivity index (χ1v) is 4.88. The van der Waals surface area contributed by atoms with Gasteiger partial charge in [-0.25, -0.2) is 0 Å². The fourth-order valence-electron chi connectivity index (χ4n) is 0.974. The largest absolute Gasteiger partial charge is 0.466 e. The number of ketones is 1. The molecule has 0 fully saturated rings. The fourth-order valence-corrected chi connectivity index (χ4v) is 0.974. The van der Waals surface area contributed by atoms with E-state index in [2.05, 4.69) is 0 Å². The number of carbonyl (C=O) groups excluding carboxylic acids is 2. The molecule has 0 spiro atoms. The normalized spacial score (nSPS) is 9.69. The van der Waals surface area contributed by atoms with Crippen molar-refractivity contribution in [3.8, 4) is 0 Å². The summed E-state index contributed by atoms with van der Waals surface area (Å²) in [6.45, 7) is 4.19. The first-order chi connectivity index (χ1) is 6.20. The van der Waals surface area contributed by atoms with E-state index in [0.29, 0.717) is 19.4 Å². The molecule has 0 aromatic rings. The maximum Gasteiger partial charge on any atom is 0.306 e. The van der Waals surface area contributed by atoms with Crippen molar-refractivity contribution in [2.45, 2.75) is 46.0 Å². The number of hydrogen-bond donors (Lipinski definition) is 0. The van der Waals surface area contributed by atoms with E-state index in [-0.39, 0.29) is 18.2 Å². The minimum Gasteiger partial charge on any atom is -0.466 e. The van der Waals surface area contributed by atoms with Crippen molar-refractivity contribution < 1.29 is 14.3 Å². The number of unbranched alkanes of at least 4 members (excludes halogenated alkanes) is 1. The monoisotopic (exact) mass is 186 g/mol. The summed E-state index contributed by atoms with van der Waals surface area (Å²) in [5, 5.41) is 0. The Labute approximate surface area is 79.5 Å². The predicted octanol–water partition coefficient (Wildman–Crippen LogP) is 2.09. The van der Waals surface area contributed by atoms with Gasteiger partial charge >= 0.3 is 5.97 Å². The Morgan fingerprint density at radius 2 is 1.77 bits per heavy atom. The fraction of sp³-hybridized carbons (Fsp3) is 0.800. The van der Waals surface area contributed by atoms with E-state index in [1.807, 2.05) is 6.92 Å². The Morgan fingerprint density at radius 3 is 2.31 bits per heavy atom. The van der Waals surface area contributed by atoms with E-state index in [1.54, 1.807) is 6.92 Å². The molecule has 3 nitrogen and oxygen atoms in total. The lowest BCUT2D eigenvalue weighted by atomic mass is 10.1. The molecule has 0 heterocycles. The number of esters is 1. The van der Waals surface area contributed by atoms with Crippen LogP contribution in [0.5, 0.6) is 0 Å². The molecule has 0 saturated carbocycles. The lowest BCUT2D eigenvalue weighted by Crippen LogP contribution is -2.07. The topological polar surface area (TPSA) is 43.4 Å². The van der Waals surface area contributed by atoms with Crippen molar-refractivity contribution in [2.24, 2.45) is 0 Å². The zero-order valence-corrected chi connectivity index (χ0v) is 8.47. The van der Waals surface area contributed by atoms with E-state index in [1.165, 1.54) is 0 Å². The van der Waals surface area contributed by atoms with Crippen LogP contribution in [0.1, 0.15) is 46.0 Å². The van der Waals surface area contributed by atoms with E-state index in [9.17, 15) is 9.59 Å². The molecule has 0 aliphatic rings. The molecule has 0 aliphatic carbocycles. The third kappa shape index (κ3) is 7.50. The van der Waals surface area contributed by atoms with Crippen molar-refractivity contribution in [1.82, 2.24) is 0 Å². The standard InChI is InChI=1S/C10H18O3/c1-3-5-6-9(11)7-8-10(12)13-4-2/h3-8H2,1-2H3. The van der Waals surface area contributed by atoms with E-state index in [0.717, 1.165) is 12.8 Å². The Morgan fingerprint density at radius 1 is 1.08 bits per heavy atom. The maximum atomic E-state index is 11.1. The van der Waals surface area contributed by atoms with Crippen molar-refractivity contribution in [3.63, 3.8) is 0 Å². The highest BCUT2D eigenvalue weighted by atomic mass is 16.5. The summed E-state index contributed by atoms with van der Waals surface area (Å²) in [5.41, 5.74) is 0. The first-order valence-electron chi connectivity index (χ1n) is 4.88. The molecule has 0 atom stereocenters. The zero-order chi connectivity index (χ0) is 10.1. The molecule has 0 saturated heterocycles. The number of hydrogen-bond acceptors (Lipinski definition) is 3. The van der Waals surface area contributed by atoms with Crippen molar-refractivity contribution in [1.29, 1.82) is 0 Å². The van der Waals surface area contributed by atoms with Crippen LogP contribution in [0.25, 0.3) is 0 Å². The molecule has 0 aromatic heterocycles. The van der Waals surface area contributed by atoms with Crippen LogP contribution in [0.3, 0.4) is 0 Å². The first kappa shape index (κ1) is 12.1. The zero-order valence-electron chi connectivity index (χ0n) is 8.47. The molecule has 13 heavy (non-hydrogen) atoms. The van der Waals surface area contributed by atoms with Gasteiger partial charge in [-0.05, 0) is 13.3 Å². The van der Waals surface area contributed by atoms with Gasteiger partial charge in [0.05, 0.1) is 13.0 Å². The van der Waals surface area contributed by atoms with Gasteiger partial charge < -0.3 is 4.74 Å². The van der Waals surface area contributed by atoms with Gasteiger partial charge in [0.15, 0.2) is 0 Å². The number of ether oxygens (including phenoxy) is 1. The number of carbonyl (C=O) groups is 2. The minimum absolute atomic E-state index is 0.162. The van der Waals surface area contributed by atoms with Gasteiger partial charge in [-0.1, -0.05) is 13.3 Å². The van der Waals surface area contributed by atoms with Crippen LogP contribution in [0.2, 0.25) is 0 Å². The van der Waals surface area contributed by atoms with Gasteiger partial charge in [-0.15, -0.1) is 0 Å².